The van der Waals surface area contributed by atoms with E-state index in [2.05, 4.69) is 36.5 Å². The highest BCUT2D eigenvalue weighted by Gasteiger charge is 1.60. The molecule has 0 rings (SSSR count). The minimum atomic E-state index is 0.367. The van der Waals surface area contributed by atoms with Gasteiger partial charge in [0.05, 0.1) is 6.42 Å². The lowest BCUT2D eigenvalue weighted by molar-refractivity contribution is 1.49. The molecule has 0 bridgehead atoms. The molecule has 2 radical (unpaired) electrons. The number of rotatable bonds is 0. The second kappa shape index (κ2) is 6.68. The zero-order valence-electron chi connectivity index (χ0n) is 5.12. The van der Waals surface area contributed by atoms with E-state index in [-0.39, 0.29) is 0 Å². The smallest absolute Gasteiger partial charge is 0.0723 e. The maximum atomic E-state index is 6.47. The second-order valence-electron chi connectivity index (χ2n) is 1.21. The van der Waals surface area contributed by atoms with Crippen LogP contribution in [-0.2, 0) is 0 Å². The van der Waals surface area contributed by atoms with Crippen molar-refractivity contribution in [1.29, 1.82) is 0 Å². The average molecular weight is 114 g/mol. The Kier molecular flexibility index (Phi) is 5.70. The van der Waals surface area contributed by atoms with Gasteiger partial charge in [0.1, 0.15) is 0 Å². The van der Waals surface area contributed by atoms with Crippen molar-refractivity contribution in [3.63, 3.8) is 0 Å². The molecule has 0 N–H and O–H groups in total. The topological polar surface area (TPSA) is 0 Å². The highest BCUT2D eigenvalue weighted by Crippen LogP contribution is 1.67. The zero-order valence-corrected chi connectivity index (χ0v) is 5.12. The van der Waals surface area contributed by atoms with E-state index >= 15 is 0 Å². The van der Waals surface area contributed by atoms with Gasteiger partial charge < -0.3 is 0 Å². The first kappa shape index (κ1) is 7.68. The van der Waals surface area contributed by atoms with Crippen LogP contribution in [0.15, 0.2) is 0 Å². The maximum absolute atomic E-state index is 6.47. The van der Waals surface area contributed by atoms with Gasteiger partial charge in [0.25, 0.3) is 0 Å². The predicted octanol–water partition coefficient (Wildman–Crippen LogP) is 1.20. The molecule has 0 aromatic heterocycles. The fraction of sp³-hybridized carbons (Fsp3) is 0.222. The van der Waals surface area contributed by atoms with Gasteiger partial charge in [-0.25, -0.2) is 0 Å². The Labute approximate surface area is 56.7 Å². The fourth-order valence-electron chi connectivity index (χ4n) is 0.239. The Hall–Kier alpha value is -1.32. The lowest BCUT2D eigenvalue weighted by Gasteiger charge is -1.63. The molecule has 0 spiro atoms. The lowest BCUT2D eigenvalue weighted by Crippen LogP contribution is -1.56. The predicted molar refractivity (Wildman–Crippen MR) is 37.3 cm³/mol. The van der Waals surface area contributed by atoms with E-state index in [9.17, 15) is 0 Å². The number of hydrogen-bond acceptors (Lipinski definition) is 0. The van der Waals surface area contributed by atoms with Crippen LogP contribution >= 0.6 is 0 Å². The first-order chi connectivity index (χ1) is 4.41. The molecule has 0 nitrogen and oxygen atoms in total. The van der Waals surface area contributed by atoms with E-state index in [1.807, 2.05) is 0 Å². The van der Waals surface area contributed by atoms with Gasteiger partial charge in [0.15, 0.2) is 0 Å². The average Bonchev–Trinajstić information content (AvgIpc) is 1.89. The molecule has 0 aliphatic rings. The van der Waals surface area contributed by atoms with Crippen molar-refractivity contribution in [1.82, 2.24) is 0 Å². The Morgan fingerprint density at radius 2 is 1.89 bits per heavy atom. The largest absolute Gasteiger partial charge is 0.0891 e. The Balaban J connectivity index is 3.52. The van der Waals surface area contributed by atoms with Crippen LogP contribution < -0.4 is 0 Å². The van der Waals surface area contributed by atoms with Gasteiger partial charge >= 0.3 is 0 Å². The van der Waals surface area contributed by atoms with Crippen LogP contribution in [0.1, 0.15) is 12.8 Å². The standard InChI is InChI=1S/C9H6/c1-3-5-7-9-8-6-4-2/h1,3,6H2. The SMILES string of the molecule is [C]#CCC#CC#CC[CH2]. The van der Waals surface area contributed by atoms with Gasteiger partial charge in [-0.1, -0.05) is 17.8 Å². The van der Waals surface area contributed by atoms with Gasteiger partial charge in [-0.2, -0.15) is 0 Å². The molecular weight excluding hydrogens is 108 g/mol. The normalized spacial score (nSPS) is 5.33. The van der Waals surface area contributed by atoms with Crippen LogP contribution in [0.25, 0.3) is 0 Å². The van der Waals surface area contributed by atoms with Crippen molar-refractivity contribution in [2.24, 2.45) is 0 Å². The molecule has 0 aliphatic carbocycles. The molecule has 0 aromatic rings. The second-order valence-corrected chi connectivity index (χ2v) is 1.21. The molecule has 42 valence electrons. The molecule has 9 heavy (non-hydrogen) atoms. The fourth-order valence-corrected chi connectivity index (χ4v) is 0.239. The minimum Gasteiger partial charge on any atom is -0.0891 e. The first-order valence-electron chi connectivity index (χ1n) is 2.56. The van der Waals surface area contributed by atoms with Crippen LogP contribution in [0.2, 0.25) is 0 Å². The van der Waals surface area contributed by atoms with Gasteiger partial charge in [-0.15, -0.1) is 0 Å². The lowest BCUT2D eigenvalue weighted by atomic mass is 10.4. The molecular formula is C9H6. The molecule has 0 saturated heterocycles. The molecule has 0 unspecified atom stereocenters. The highest BCUT2D eigenvalue weighted by molar-refractivity contribution is 5.27. The van der Waals surface area contributed by atoms with Crippen molar-refractivity contribution in [3.8, 4) is 29.6 Å². The van der Waals surface area contributed by atoms with Crippen molar-refractivity contribution in [3.05, 3.63) is 13.3 Å². The third kappa shape index (κ3) is 6.68. The molecule has 0 heteroatoms. The summed E-state index contributed by atoms with van der Waals surface area (Å²) in [5.74, 6) is 12.6. The van der Waals surface area contributed by atoms with E-state index in [0.717, 1.165) is 0 Å². The highest BCUT2D eigenvalue weighted by atomic mass is 13.6. The summed E-state index contributed by atoms with van der Waals surface area (Å²) in [6.45, 7) is 3.51. The quantitative estimate of drug-likeness (QED) is 0.415. The summed E-state index contributed by atoms with van der Waals surface area (Å²) in [6, 6.07) is 0. The summed E-state index contributed by atoms with van der Waals surface area (Å²) in [4.78, 5) is 0. The van der Waals surface area contributed by atoms with Crippen LogP contribution in [0.3, 0.4) is 0 Å². The van der Waals surface area contributed by atoms with E-state index in [0.29, 0.717) is 12.8 Å². The molecule has 0 fully saturated rings. The van der Waals surface area contributed by atoms with Crippen molar-refractivity contribution >= 4 is 0 Å². The summed E-state index contributed by atoms with van der Waals surface area (Å²) in [5, 5.41) is 0. The monoisotopic (exact) mass is 114 g/mol. The van der Waals surface area contributed by atoms with E-state index < -0.39 is 0 Å². The van der Waals surface area contributed by atoms with Crippen molar-refractivity contribution in [2.45, 2.75) is 12.8 Å². The summed E-state index contributed by atoms with van der Waals surface area (Å²) in [7, 11) is 0. The van der Waals surface area contributed by atoms with Crippen molar-refractivity contribution in [2.75, 3.05) is 0 Å². The Bertz CT molecular complexity index is 206. The zero-order chi connectivity index (χ0) is 6.95. The van der Waals surface area contributed by atoms with Crippen LogP contribution in [0.4, 0.5) is 0 Å². The molecule has 0 saturated carbocycles. The van der Waals surface area contributed by atoms with Crippen molar-refractivity contribution < 1.29 is 0 Å². The van der Waals surface area contributed by atoms with Crippen LogP contribution in [0.5, 0.6) is 0 Å². The van der Waals surface area contributed by atoms with Gasteiger partial charge in [-0.3, -0.25) is 0 Å². The van der Waals surface area contributed by atoms with Gasteiger partial charge in [-0.05, 0) is 25.2 Å². The van der Waals surface area contributed by atoms with E-state index in [1.165, 1.54) is 0 Å². The van der Waals surface area contributed by atoms with Crippen LogP contribution in [0, 0.1) is 42.9 Å². The summed E-state index contributed by atoms with van der Waals surface area (Å²) in [6.07, 6.45) is 7.42. The Morgan fingerprint density at radius 3 is 2.44 bits per heavy atom. The minimum absolute atomic E-state index is 0.367. The number of hydrogen-bond donors (Lipinski definition) is 0. The third-order valence-corrected chi connectivity index (χ3v) is 0.541. The molecule has 0 heterocycles. The summed E-state index contributed by atoms with van der Waals surface area (Å²) >= 11 is 0. The van der Waals surface area contributed by atoms with E-state index in [4.69, 9.17) is 6.42 Å². The molecule has 0 amide bonds. The van der Waals surface area contributed by atoms with Gasteiger partial charge in [0, 0.05) is 6.42 Å². The molecule has 0 aromatic carbocycles. The van der Waals surface area contributed by atoms with E-state index in [1.54, 1.807) is 0 Å². The Morgan fingerprint density at radius 1 is 1.22 bits per heavy atom. The summed E-state index contributed by atoms with van der Waals surface area (Å²) in [5.41, 5.74) is 0. The maximum Gasteiger partial charge on any atom is 0.0723 e. The van der Waals surface area contributed by atoms with Crippen LogP contribution in [-0.4, -0.2) is 0 Å². The third-order valence-electron chi connectivity index (χ3n) is 0.541. The molecule has 0 aliphatic heterocycles. The first-order valence-corrected chi connectivity index (χ1v) is 2.56. The van der Waals surface area contributed by atoms with Gasteiger partial charge in [0.2, 0.25) is 0 Å². The molecule has 0 atom stereocenters. The summed E-state index contributed by atoms with van der Waals surface area (Å²) < 4.78 is 0.